The third kappa shape index (κ3) is 5.37. The monoisotopic (exact) mass is 468 g/mol. The molecule has 31 heavy (non-hydrogen) atoms. The smallest absolute Gasteiger partial charge is 0.243 e. The Bertz CT molecular complexity index is 1000. The van der Waals surface area contributed by atoms with Gasteiger partial charge in [-0.2, -0.15) is 4.31 Å². The third-order valence-corrected chi connectivity index (χ3v) is 7.68. The number of carbonyl (C=O) groups excluding carboxylic acids is 1. The van der Waals surface area contributed by atoms with Gasteiger partial charge in [0.25, 0.3) is 0 Å². The molecule has 0 spiro atoms. The summed E-state index contributed by atoms with van der Waals surface area (Å²) >= 11 is 6.06. The number of carbonyl (C=O) groups is 1. The molecular formula is C22H26ClFN2O4S. The summed E-state index contributed by atoms with van der Waals surface area (Å²) < 4.78 is 46.6. The number of hydrogen-bond acceptors (Lipinski definition) is 4. The van der Waals surface area contributed by atoms with E-state index in [1.54, 1.807) is 25.2 Å². The molecule has 1 aliphatic rings. The van der Waals surface area contributed by atoms with Gasteiger partial charge in [0.05, 0.1) is 11.5 Å². The molecule has 1 fully saturated rings. The topological polar surface area (TPSA) is 66.9 Å². The number of piperidine rings is 1. The predicted molar refractivity (Wildman–Crippen MR) is 117 cm³/mol. The molecule has 2 aromatic rings. The second kappa shape index (κ2) is 9.97. The van der Waals surface area contributed by atoms with E-state index < -0.39 is 15.8 Å². The van der Waals surface area contributed by atoms with Crippen LogP contribution in [0.1, 0.15) is 25.3 Å². The lowest BCUT2D eigenvalue weighted by atomic mass is 9.96. The Morgan fingerprint density at radius 3 is 2.42 bits per heavy atom. The van der Waals surface area contributed by atoms with Crippen LogP contribution in [0.5, 0.6) is 5.75 Å². The highest BCUT2D eigenvalue weighted by Crippen LogP contribution is 2.27. The molecule has 0 aromatic heterocycles. The van der Waals surface area contributed by atoms with Gasteiger partial charge in [0, 0.05) is 43.2 Å². The summed E-state index contributed by atoms with van der Waals surface area (Å²) in [6, 6.07) is 10.7. The van der Waals surface area contributed by atoms with Gasteiger partial charge < -0.3 is 9.64 Å². The van der Waals surface area contributed by atoms with Gasteiger partial charge in [0.1, 0.15) is 11.6 Å². The summed E-state index contributed by atoms with van der Waals surface area (Å²) in [4.78, 5) is 14.5. The largest absolute Gasteiger partial charge is 0.494 e. The summed E-state index contributed by atoms with van der Waals surface area (Å²) in [7, 11) is -2.03. The Hall–Kier alpha value is -2.16. The number of nitrogens with zero attached hydrogens (tertiary/aromatic N) is 2. The standard InChI is InChI=1S/C22H26ClFN2O4S/c1-3-30-17-7-9-18(10-8-17)31(28,29)26-13-11-16(12-14-26)22(27)25(2)15-19-20(23)5-4-6-21(19)24/h4-10,16H,3,11-15H2,1-2H3. The molecular weight excluding hydrogens is 443 g/mol. The molecule has 168 valence electrons. The highest BCUT2D eigenvalue weighted by atomic mass is 35.5. The Labute approximate surface area is 187 Å². The molecule has 9 heteroatoms. The SMILES string of the molecule is CCOc1ccc(S(=O)(=O)N2CCC(C(=O)N(C)Cc3c(F)cccc3Cl)CC2)cc1. The van der Waals surface area contributed by atoms with E-state index >= 15 is 0 Å². The third-order valence-electron chi connectivity index (χ3n) is 5.41. The molecule has 0 bridgehead atoms. The minimum Gasteiger partial charge on any atom is -0.494 e. The number of hydrogen-bond donors (Lipinski definition) is 0. The Morgan fingerprint density at radius 1 is 1.19 bits per heavy atom. The van der Waals surface area contributed by atoms with Crippen molar-refractivity contribution in [3.05, 3.63) is 58.9 Å². The Balaban J connectivity index is 1.61. The molecule has 0 unspecified atom stereocenters. The fourth-order valence-electron chi connectivity index (χ4n) is 3.68. The zero-order chi connectivity index (χ0) is 22.6. The van der Waals surface area contributed by atoms with Crippen molar-refractivity contribution in [2.24, 2.45) is 5.92 Å². The van der Waals surface area contributed by atoms with E-state index in [0.29, 0.717) is 25.2 Å². The molecule has 0 atom stereocenters. The number of rotatable bonds is 7. The maximum atomic E-state index is 14.0. The molecule has 0 N–H and O–H groups in total. The van der Waals surface area contributed by atoms with Crippen LogP contribution in [0.2, 0.25) is 5.02 Å². The van der Waals surface area contributed by atoms with Crippen molar-refractivity contribution in [1.82, 2.24) is 9.21 Å². The molecule has 1 saturated heterocycles. The van der Waals surface area contributed by atoms with E-state index in [9.17, 15) is 17.6 Å². The van der Waals surface area contributed by atoms with Gasteiger partial charge in [-0.3, -0.25) is 4.79 Å². The maximum Gasteiger partial charge on any atom is 0.243 e. The predicted octanol–water partition coefficient (Wildman–Crippen LogP) is 3.94. The summed E-state index contributed by atoms with van der Waals surface area (Å²) in [6.45, 7) is 2.93. The second-order valence-corrected chi connectivity index (χ2v) is 9.82. The molecule has 6 nitrogen and oxygen atoms in total. The molecule has 0 saturated carbocycles. The van der Waals surface area contributed by atoms with Gasteiger partial charge in [0.2, 0.25) is 15.9 Å². The summed E-state index contributed by atoms with van der Waals surface area (Å²) in [5, 5.41) is 0.274. The van der Waals surface area contributed by atoms with E-state index in [1.165, 1.54) is 33.5 Å². The van der Waals surface area contributed by atoms with E-state index in [2.05, 4.69) is 0 Å². The first kappa shape index (κ1) is 23.5. The molecule has 0 radical (unpaired) electrons. The van der Waals surface area contributed by atoms with E-state index in [1.807, 2.05) is 6.92 Å². The van der Waals surface area contributed by atoms with Crippen LogP contribution in [0.3, 0.4) is 0 Å². The van der Waals surface area contributed by atoms with Crippen LogP contribution in [0.4, 0.5) is 4.39 Å². The minimum atomic E-state index is -3.64. The number of amides is 1. The second-order valence-electron chi connectivity index (χ2n) is 7.48. The average molecular weight is 469 g/mol. The molecule has 0 aliphatic carbocycles. The highest BCUT2D eigenvalue weighted by Gasteiger charge is 2.33. The van der Waals surface area contributed by atoms with Crippen LogP contribution >= 0.6 is 11.6 Å². The van der Waals surface area contributed by atoms with Crippen LogP contribution in [0, 0.1) is 11.7 Å². The van der Waals surface area contributed by atoms with Crippen molar-refractivity contribution in [2.45, 2.75) is 31.2 Å². The van der Waals surface area contributed by atoms with Gasteiger partial charge in [0.15, 0.2) is 0 Å². The van der Waals surface area contributed by atoms with Crippen LogP contribution < -0.4 is 4.74 Å². The van der Waals surface area contributed by atoms with Gasteiger partial charge in [-0.25, -0.2) is 12.8 Å². The van der Waals surface area contributed by atoms with Crippen LogP contribution in [0.25, 0.3) is 0 Å². The van der Waals surface area contributed by atoms with Gasteiger partial charge in [-0.15, -0.1) is 0 Å². The van der Waals surface area contributed by atoms with E-state index in [-0.39, 0.29) is 46.9 Å². The Morgan fingerprint density at radius 2 is 1.84 bits per heavy atom. The molecule has 3 rings (SSSR count). The lowest BCUT2D eigenvalue weighted by Crippen LogP contribution is -2.43. The fourth-order valence-corrected chi connectivity index (χ4v) is 5.37. The van der Waals surface area contributed by atoms with Crippen LogP contribution in [-0.4, -0.2) is 50.3 Å². The Kier molecular flexibility index (Phi) is 7.56. The fraction of sp³-hybridized carbons (Fsp3) is 0.409. The first-order valence-electron chi connectivity index (χ1n) is 10.1. The normalized spacial score (nSPS) is 15.6. The average Bonchev–Trinajstić information content (AvgIpc) is 2.76. The summed E-state index contributed by atoms with van der Waals surface area (Å²) in [5.74, 6) is -0.299. The van der Waals surface area contributed by atoms with Crippen molar-refractivity contribution in [1.29, 1.82) is 0 Å². The highest BCUT2D eigenvalue weighted by molar-refractivity contribution is 7.89. The van der Waals surface area contributed by atoms with Crippen molar-refractivity contribution < 1.29 is 22.3 Å². The zero-order valence-electron chi connectivity index (χ0n) is 17.6. The van der Waals surface area contributed by atoms with Crippen LogP contribution in [0.15, 0.2) is 47.4 Å². The van der Waals surface area contributed by atoms with Crippen molar-refractivity contribution in [2.75, 3.05) is 26.7 Å². The minimum absolute atomic E-state index is 0.0645. The zero-order valence-corrected chi connectivity index (χ0v) is 19.1. The van der Waals surface area contributed by atoms with Crippen molar-refractivity contribution in [3.8, 4) is 5.75 Å². The first-order chi connectivity index (χ1) is 14.7. The number of sulfonamides is 1. The lowest BCUT2D eigenvalue weighted by molar-refractivity contribution is -0.135. The van der Waals surface area contributed by atoms with Gasteiger partial charge in [-0.1, -0.05) is 17.7 Å². The molecule has 2 aromatic carbocycles. The van der Waals surface area contributed by atoms with Crippen molar-refractivity contribution in [3.63, 3.8) is 0 Å². The van der Waals surface area contributed by atoms with Gasteiger partial charge in [-0.05, 0) is 56.2 Å². The number of benzene rings is 2. The maximum absolute atomic E-state index is 14.0. The molecule has 1 amide bonds. The molecule has 1 heterocycles. The van der Waals surface area contributed by atoms with Crippen LogP contribution in [-0.2, 0) is 21.4 Å². The quantitative estimate of drug-likeness (QED) is 0.617. The van der Waals surface area contributed by atoms with Gasteiger partial charge >= 0.3 is 0 Å². The number of ether oxygens (including phenoxy) is 1. The van der Waals surface area contributed by atoms with E-state index in [0.717, 1.165) is 0 Å². The molecule has 1 aliphatic heterocycles. The van der Waals surface area contributed by atoms with E-state index in [4.69, 9.17) is 16.3 Å². The summed E-state index contributed by atoms with van der Waals surface area (Å²) in [5.41, 5.74) is 0.274. The van der Waals surface area contributed by atoms with Crippen molar-refractivity contribution >= 4 is 27.5 Å². The number of halogens is 2. The first-order valence-corrected chi connectivity index (χ1v) is 12.0. The lowest BCUT2D eigenvalue weighted by Gasteiger charge is -2.32. The summed E-state index contributed by atoms with van der Waals surface area (Å²) in [6.07, 6.45) is 0.814.